The van der Waals surface area contributed by atoms with E-state index in [0.717, 1.165) is 0 Å². The van der Waals surface area contributed by atoms with Crippen LogP contribution >= 0.6 is 0 Å². The summed E-state index contributed by atoms with van der Waals surface area (Å²) in [5.41, 5.74) is -0.929. The number of Topliss-reactive ketones (excluding diaryl/α,β-unsaturated/α-hetero) is 1. The Morgan fingerprint density at radius 3 is 2.28 bits per heavy atom. The van der Waals surface area contributed by atoms with Crippen LogP contribution in [0.15, 0.2) is 0 Å². The summed E-state index contributed by atoms with van der Waals surface area (Å²) < 4.78 is 0. The van der Waals surface area contributed by atoms with Gasteiger partial charge in [0.2, 0.25) is 5.91 Å². The first kappa shape index (κ1) is 17.0. The number of aliphatic hydroxyl groups is 3. The van der Waals surface area contributed by atoms with Gasteiger partial charge in [0.25, 0.3) is 0 Å². The Morgan fingerprint density at radius 2 is 1.83 bits per heavy atom. The summed E-state index contributed by atoms with van der Waals surface area (Å²) >= 11 is 0. The third-order valence-corrected chi connectivity index (χ3v) is 2.83. The van der Waals surface area contributed by atoms with E-state index >= 15 is 0 Å². The van der Waals surface area contributed by atoms with Crippen LogP contribution in [0.4, 0.5) is 0 Å². The highest BCUT2D eigenvalue weighted by Crippen LogP contribution is 2.19. The second kappa shape index (κ2) is 7.45. The quantitative estimate of drug-likeness (QED) is 0.458. The SMILES string of the molecule is CCC(=O)C(O)CCNC(=O)[C@H](O)C(C)(C)CO. The lowest BCUT2D eigenvalue weighted by atomic mass is 9.87. The molecule has 0 heterocycles. The number of rotatable bonds is 8. The average molecular weight is 261 g/mol. The summed E-state index contributed by atoms with van der Waals surface area (Å²) in [5.74, 6) is -0.898. The van der Waals surface area contributed by atoms with Crippen molar-refractivity contribution in [1.29, 1.82) is 0 Å². The Bertz CT molecular complexity index is 290. The molecule has 0 spiro atoms. The minimum absolute atomic E-state index is 0.101. The Labute approximate surface area is 107 Å². The first-order chi connectivity index (χ1) is 8.26. The van der Waals surface area contributed by atoms with Gasteiger partial charge in [0.15, 0.2) is 5.78 Å². The molecule has 4 N–H and O–H groups in total. The lowest BCUT2D eigenvalue weighted by Crippen LogP contribution is -2.46. The lowest BCUT2D eigenvalue weighted by molar-refractivity contribution is -0.137. The lowest BCUT2D eigenvalue weighted by Gasteiger charge is -2.27. The third kappa shape index (κ3) is 5.12. The van der Waals surface area contributed by atoms with Crippen molar-refractivity contribution >= 4 is 11.7 Å². The van der Waals surface area contributed by atoms with Gasteiger partial charge in [-0.2, -0.15) is 0 Å². The predicted molar refractivity (Wildman–Crippen MR) is 65.8 cm³/mol. The molecule has 0 rings (SSSR count). The van der Waals surface area contributed by atoms with Gasteiger partial charge in [0.05, 0.1) is 6.61 Å². The van der Waals surface area contributed by atoms with Crippen molar-refractivity contribution in [1.82, 2.24) is 5.32 Å². The number of carbonyl (C=O) groups excluding carboxylic acids is 2. The van der Waals surface area contributed by atoms with Gasteiger partial charge in [-0.05, 0) is 6.42 Å². The van der Waals surface area contributed by atoms with Crippen molar-refractivity contribution in [2.75, 3.05) is 13.2 Å². The van der Waals surface area contributed by atoms with Gasteiger partial charge in [-0.25, -0.2) is 0 Å². The predicted octanol–water partition coefficient (Wildman–Crippen LogP) is -0.788. The van der Waals surface area contributed by atoms with E-state index in [2.05, 4.69) is 5.32 Å². The normalized spacial score (nSPS) is 15.0. The molecule has 0 bridgehead atoms. The molecule has 6 heteroatoms. The molecule has 0 fully saturated rings. The second-order valence-corrected chi connectivity index (χ2v) is 4.96. The summed E-state index contributed by atoms with van der Waals surface area (Å²) in [6, 6.07) is 0. The van der Waals surface area contributed by atoms with E-state index in [0.29, 0.717) is 0 Å². The van der Waals surface area contributed by atoms with Gasteiger partial charge >= 0.3 is 0 Å². The fourth-order valence-corrected chi connectivity index (χ4v) is 1.27. The minimum atomic E-state index is -1.33. The molecule has 0 aromatic carbocycles. The molecule has 1 unspecified atom stereocenters. The van der Waals surface area contributed by atoms with Gasteiger partial charge in [-0.1, -0.05) is 20.8 Å². The monoisotopic (exact) mass is 261 g/mol. The van der Waals surface area contributed by atoms with Gasteiger partial charge in [-0.3, -0.25) is 9.59 Å². The van der Waals surface area contributed by atoms with E-state index in [1.165, 1.54) is 0 Å². The van der Waals surface area contributed by atoms with Crippen molar-refractivity contribution in [3.63, 3.8) is 0 Å². The van der Waals surface area contributed by atoms with Crippen LogP contribution in [0.1, 0.15) is 33.6 Å². The maximum absolute atomic E-state index is 11.5. The van der Waals surface area contributed by atoms with Crippen LogP contribution in [0.3, 0.4) is 0 Å². The van der Waals surface area contributed by atoms with E-state index < -0.39 is 23.5 Å². The Balaban J connectivity index is 4.09. The molecule has 0 aromatic rings. The highest BCUT2D eigenvalue weighted by molar-refractivity contribution is 5.83. The summed E-state index contributed by atoms with van der Waals surface area (Å²) in [4.78, 5) is 22.6. The zero-order chi connectivity index (χ0) is 14.3. The highest BCUT2D eigenvalue weighted by atomic mass is 16.3. The molecule has 0 aliphatic heterocycles. The molecule has 0 saturated carbocycles. The smallest absolute Gasteiger partial charge is 0.249 e. The van der Waals surface area contributed by atoms with E-state index in [1.807, 2.05) is 0 Å². The molecule has 18 heavy (non-hydrogen) atoms. The maximum Gasteiger partial charge on any atom is 0.249 e. The average Bonchev–Trinajstić information content (AvgIpc) is 2.36. The largest absolute Gasteiger partial charge is 0.396 e. The van der Waals surface area contributed by atoms with Gasteiger partial charge in [0.1, 0.15) is 12.2 Å². The highest BCUT2D eigenvalue weighted by Gasteiger charge is 2.32. The molecule has 0 saturated heterocycles. The van der Waals surface area contributed by atoms with Gasteiger partial charge in [0, 0.05) is 18.4 Å². The number of hydrogen-bond acceptors (Lipinski definition) is 5. The fourth-order valence-electron chi connectivity index (χ4n) is 1.27. The molecule has 0 radical (unpaired) electrons. The Hall–Kier alpha value is -0.980. The molecule has 6 nitrogen and oxygen atoms in total. The summed E-state index contributed by atoms with van der Waals surface area (Å²) in [6.45, 7) is 4.56. The molecule has 2 atom stereocenters. The number of amides is 1. The molecule has 1 amide bonds. The standard InChI is InChI=1S/C12H23NO5/c1-4-8(15)9(16)5-6-13-11(18)10(17)12(2,3)7-14/h9-10,14,16-17H,4-7H2,1-3H3,(H,13,18)/t9?,10-/m0/s1. The van der Waals surface area contributed by atoms with Crippen molar-refractivity contribution in [2.24, 2.45) is 5.41 Å². The summed E-state index contributed by atoms with van der Waals surface area (Å²) in [6.07, 6.45) is -2.06. The van der Waals surface area contributed by atoms with Crippen LogP contribution in [0.25, 0.3) is 0 Å². The van der Waals surface area contributed by atoms with E-state index in [-0.39, 0.29) is 31.8 Å². The third-order valence-electron chi connectivity index (χ3n) is 2.83. The first-order valence-electron chi connectivity index (χ1n) is 6.03. The number of hydrogen-bond donors (Lipinski definition) is 4. The topological polar surface area (TPSA) is 107 Å². The summed E-state index contributed by atoms with van der Waals surface area (Å²) in [7, 11) is 0. The van der Waals surface area contributed by atoms with Gasteiger partial charge < -0.3 is 20.6 Å². The van der Waals surface area contributed by atoms with E-state index in [4.69, 9.17) is 5.11 Å². The number of aliphatic hydroxyl groups excluding tert-OH is 3. The van der Waals surface area contributed by atoms with Crippen molar-refractivity contribution in [3.8, 4) is 0 Å². The number of carbonyl (C=O) groups is 2. The van der Waals surface area contributed by atoms with Crippen LogP contribution in [-0.4, -0.2) is 52.4 Å². The minimum Gasteiger partial charge on any atom is -0.396 e. The summed E-state index contributed by atoms with van der Waals surface area (Å²) in [5, 5.41) is 30.5. The van der Waals surface area contributed by atoms with Crippen LogP contribution in [0.2, 0.25) is 0 Å². The number of ketones is 1. The van der Waals surface area contributed by atoms with Crippen LogP contribution in [0, 0.1) is 5.41 Å². The molecule has 0 aliphatic carbocycles. The zero-order valence-corrected chi connectivity index (χ0v) is 11.1. The van der Waals surface area contributed by atoms with E-state index in [9.17, 15) is 19.8 Å². The van der Waals surface area contributed by atoms with Crippen LogP contribution < -0.4 is 5.32 Å². The van der Waals surface area contributed by atoms with Crippen molar-refractivity contribution in [2.45, 2.75) is 45.8 Å². The van der Waals surface area contributed by atoms with Gasteiger partial charge in [-0.15, -0.1) is 0 Å². The van der Waals surface area contributed by atoms with Crippen molar-refractivity contribution < 1.29 is 24.9 Å². The maximum atomic E-state index is 11.5. The molecule has 0 aliphatic rings. The van der Waals surface area contributed by atoms with Crippen LogP contribution in [0.5, 0.6) is 0 Å². The van der Waals surface area contributed by atoms with Crippen LogP contribution in [-0.2, 0) is 9.59 Å². The Morgan fingerprint density at radius 1 is 1.28 bits per heavy atom. The zero-order valence-electron chi connectivity index (χ0n) is 11.1. The number of nitrogens with one attached hydrogen (secondary N) is 1. The molecule has 106 valence electrons. The Kier molecular flexibility index (Phi) is 7.05. The fraction of sp³-hybridized carbons (Fsp3) is 0.833. The molecular formula is C12H23NO5. The molecule has 0 aromatic heterocycles. The second-order valence-electron chi connectivity index (χ2n) is 4.96. The molecular weight excluding hydrogens is 238 g/mol. The van der Waals surface area contributed by atoms with Crippen molar-refractivity contribution in [3.05, 3.63) is 0 Å². The first-order valence-corrected chi connectivity index (χ1v) is 6.03. The van der Waals surface area contributed by atoms with E-state index in [1.54, 1.807) is 20.8 Å².